The number of carbonyl (C=O) groups is 1. The lowest BCUT2D eigenvalue weighted by molar-refractivity contribution is 0.147. The summed E-state index contributed by atoms with van der Waals surface area (Å²) < 4.78 is 0. The van der Waals surface area contributed by atoms with Crippen LogP contribution in [0.25, 0.3) is 0 Å². The number of carbonyl (C=O) groups excluding carboxylic acids is 1. The maximum Gasteiger partial charge on any atom is 0.317 e. The summed E-state index contributed by atoms with van der Waals surface area (Å²) in [6.45, 7) is 5.47. The van der Waals surface area contributed by atoms with Crippen molar-refractivity contribution in [1.29, 1.82) is 0 Å². The number of rotatable bonds is 7. The van der Waals surface area contributed by atoms with Gasteiger partial charge >= 0.3 is 6.03 Å². The second-order valence-electron chi connectivity index (χ2n) is 6.00. The Balaban J connectivity index is 2.25. The Kier molecular flexibility index (Phi) is 6.52. The highest BCUT2D eigenvalue weighted by atomic mass is 16.3. The fourth-order valence-electron chi connectivity index (χ4n) is 1.91. The molecule has 0 unspecified atom stereocenters. The number of urea groups is 1. The number of aliphatic hydroxyl groups is 1. The summed E-state index contributed by atoms with van der Waals surface area (Å²) in [5.74, 6) is 0. The van der Waals surface area contributed by atoms with Crippen LogP contribution in [0.4, 0.5) is 4.79 Å². The minimum atomic E-state index is -0.0688. The van der Waals surface area contributed by atoms with E-state index in [-0.39, 0.29) is 18.1 Å². The molecular weight excluding hydrogens is 252 g/mol. The number of hydrogen-bond acceptors (Lipinski definition) is 2. The number of nitrogens with zero attached hydrogens (tertiary/aromatic N) is 1. The lowest BCUT2D eigenvalue weighted by Crippen LogP contribution is -2.37. The molecule has 0 aliphatic rings. The summed E-state index contributed by atoms with van der Waals surface area (Å²) in [5.41, 5.74) is 1.05. The Labute approximate surface area is 121 Å². The van der Waals surface area contributed by atoms with Gasteiger partial charge in [0.25, 0.3) is 0 Å². The van der Waals surface area contributed by atoms with Crippen LogP contribution < -0.4 is 5.32 Å². The van der Waals surface area contributed by atoms with Crippen LogP contribution in [0.3, 0.4) is 0 Å². The van der Waals surface area contributed by atoms with E-state index in [9.17, 15) is 4.79 Å². The van der Waals surface area contributed by atoms with E-state index in [0.29, 0.717) is 13.1 Å². The zero-order valence-electron chi connectivity index (χ0n) is 12.7. The summed E-state index contributed by atoms with van der Waals surface area (Å²) >= 11 is 0. The van der Waals surface area contributed by atoms with Crippen LogP contribution in [0, 0.1) is 5.41 Å². The molecule has 0 saturated carbocycles. The molecule has 0 fully saturated rings. The van der Waals surface area contributed by atoms with E-state index < -0.39 is 0 Å². The first-order valence-corrected chi connectivity index (χ1v) is 7.08. The molecule has 0 saturated heterocycles. The Morgan fingerprint density at radius 1 is 1.30 bits per heavy atom. The van der Waals surface area contributed by atoms with Crippen molar-refractivity contribution in [1.82, 2.24) is 10.2 Å². The van der Waals surface area contributed by atoms with Crippen molar-refractivity contribution in [3.63, 3.8) is 0 Å². The van der Waals surface area contributed by atoms with Gasteiger partial charge in [-0.05, 0) is 23.8 Å². The number of hydrogen-bond donors (Lipinski definition) is 2. The molecule has 0 aliphatic carbocycles. The van der Waals surface area contributed by atoms with Crippen LogP contribution in [0.5, 0.6) is 0 Å². The number of aliphatic hydroxyl groups excluding tert-OH is 1. The molecule has 4 heteroatoms. The summed E-state index contributed by atoms with van der Waals surface area (Å²) in [5, 5.41) is 12.1. The number of amides is 2. The van der Waals surface area contributed by atoms with E-state index in [1.165, 1.54) is 0 Å². The largest absolute Gasteiger partial charge is 0.396 e. The first-order valence-electron chi connectivity index (χ1n) is 7.08. The quantitative estimate of drug-likeness (QED) is 0.753. The summed E-state index contributed by atoms with van der Waals surface area (Å²) in [4.78, 5) is 13.6. The molecule has 4 nitrogen and oxygen atoms in total. The number of benzene rings is 1. The highest BCUT2D eigenvalue weighted by Gasteiger charge is 2.16. The van der Waals surface area contributed by atoms with Crippen molar-refractivity contribution in [2.45, 2.75) is 33.2 Å². The average molecular weight is 278 g/mol. The maximum atomic E-state index is 11.9. The van der Waals surface area contributed by atoms with Gasteiger partial charge in [-0.15, -0.1) is 0 Å². The molecule has 2 amide bonds. The SMILES string of the molecule is CN(Cc1ccccc1)C(=O)NCCCC(C)(C)CO. The van der Waals surface area contributed by atoms with Gasteiger partial charge in [0.2, 0.25) is 0 Å². The highest BCUT2D eigenvalue weighted by Crippen LogP contribution is 2.20. The van der Waals surface area contributed by atoms with Gasteiger partial charge in [0.05, 0.1) is 0 Å². The monoisotopic (exact) mass is 278 g/mol. The van der Waals surface area contributed by atoms with Crippen molar-refractivity contribution >= 4 is 6.03 Å². The normalized spacial score (nSPS) is 11.2. The predicted molar refractivity (Wildman–Crippen MR) is 81.4 cm³/mol. The van der Waals surface area contributed by atoms with Crippen molar-refractivity contribution < 1.29 is 9.90 Å². The fourth-order valence-corrected chi connectivity index (χ4v) is 1.91. The van der Waals surface area contributed by atoms with Crippen LogP contribution >= 0.6 is 0 Å². The van der Waals surface area contributed by atoms with E-state index in [4.69, 9.17) is 5.11 Å². The van der Waals surface area contributed by atoms with E-state index >= 15 is 0 Å². The maximum absolute atomic E-state index is 11.9. The third-order valence-corrected chi connectivity index (χ3v) is 3.34. The van der Waals surface area contributed by atoms with E-state index in [1.807, 2.05) is 44.2 Å². The molecule has 0 aliphatic heterocycles. The molecule has 1 aromatic carbocycles. The molecule has 0 heterocycles. The first kappa shape index (κ1) is 16.5. The van der Waals surface area contributed by atoms with Gasteiger partial charge in [-0.25, -0.2) is 4.79 Å². The van der Waals surface area contributed by atoms with Gasteiger partial charge in [-0.1, -0.05) is 44.2 Å². The molecule has 112 valence electrons. The summed E-state index contributed by atoms with van der Waals surface area (Å²) in [6, 6.07) is 9.86. The molecule has 0 bridgehead atoms. The zero-order chi connectivity index (χ0) is 15.0. The van der Waals surface area contributed by atoms with Crippen LogP contribution in [-0.4, -0.2) is 36.2 Å². The molecule has 0 aromatic heterocycles. The summed E-state index contributed by atoms with van der Waals surface area (Å²) in [6.07, 6.45) is 1.77. The lowest BCUT2D eigenvalue weighted by atomic mass is 9.89. The number of nitrogens with one attached hydrogen (secondary N) is 1. The predicted octanol–water partition coefficient (Wildman–Crippen LogP) is 2.63. The molecule has 20 heavy (non-hydrogen) atoms. The van der Waals surface area contributed by atoms with E-state index in [0.717, 1.165) is 18.4 Å². The van der Waals surface area contributed by atoms with Gasteiger partial charge in [0.1, 0.15) is 0 Å². The molecule has 1 aromatic rings. The minimum absolute atomic E-state index is 0.0596. The molecular formula is C16H26N2O2. The highest BCUT2D eigenvalue weighted by molar-refractivity contribution is 5.73. The first-order chi connectivity index (χ1) is 9.44. The van der Waals surface area contributed by atoms with Gasteiger partial charge in [0, 0.05) is 26.7 Å². The van der Waals surface area contributed by atoms with Crippen LogP contribution in [0.1, 0.15) is 32.3 Å². The molecule has 1 rings (SSSR count). The smallest absolute Gasteiger partial charge is 0.317 e. The second-order valence-corrected chi connectivity index (χ2v) is 6.00. The van der Waals surface area contributed by atoms with E-state index in [2.05, 4.69) is 5.32 Å². The van der Waals surface area contributed by atoms with E-state index in [1.54, 1.807) is 11.9 Å². The molecule has 0 spiro atoms. The van der Waals surface area contributed by atoms with Crippen molar-refractivity contribution in [2.24, 2.45) is 5.41 Å². The Morgan fingerprint density at radius 2 is 1.95 bits per heavy atom. The fraction of sp³-hybridized carbons (Fsp3) is 0.562. The Morgan fingerprint density at radius 3 is 2.55 bits per heavy atom. The second kappa shape index (κ2) is 7.90. The minimum Gasteiger partial charge on any atom is -0.396 e. The van der Waals surface area contributed by atoms with Gasteiger partial charge in [-0.3, -0.25) is 0 Å². The third kappa shape index (κ3) is 6.06. The van der Waals surface area contributed by atoms with Crippen LogP contribution in [0.2, 0.25) is 0 Å². The van der Waals surface area contributed by atoms with Gasteiger partial charge in [0.15, 0.2) is 0 Å². The Hall–Kier alpha value is -1.55. The molecule has 0 radical (unpaired) electrons. The Bertz CT molecular complexity index is 404. The van der Waals surface area contributed by atoms with Crippen molar-refractivity contribution in [2.75, 3.05) is 20.2 Å². The third-order valence-electron chi connectivity index (χ3n) is 3.34. The summed E-state index contributed by atoms with van der Waals surface area (Å²) in [7, 11) is 1.79. The average Bonchev–Trinajstić information content (AvgIpc) is 2.44. The topological polar surface area (TPSA) is 52.6 Å². The van der Waals surface area contributed by atoms with Gasteiger partial charge in [-0.2, -0.15) is 0 Å². The van der Waals surface area contributed by atoms with Crippen LogP contribution in [-0.2, 0) is 6.54 Å². The van der Waals surface area contributed by atoms with Crippen molar-refractivity contribution in [3.05, 3.63) is 35.9 Å². The zero-order valence-corrected chi connectivity index (χ0v) is 12.7. The lowest BCUT2D eigenvalue weighted by Gasteiger charge is -2.22. The standard InChI is InChI=1S/C16H26N2O2/c1-16(2,13-19)10-7-11-17-15(20)18(3)12-14-8-5-4-6-9-14/h4-6,8-9,19H,7,10-13H2,1-3H3,(H,17,20). The van der Waals surface area contributed by atoms with Gasteiger partial charge < -0.3 is 15.3 Å². The molecule has 2 N–H and O–H groups in total. The van der Waals surface area contributed by atoms with Crippen LogP contribution in [0.15, 0.2) is 30.3 Å². The molecule has 0 atom stereocenters. The van der Waals surface area contributed by atoms with Crippen molar-refractivity contribution in [3.8, 4) is 0 Å².